The minimum atomic E-state index is -0.841. The van der Waals surface area contributed by atoms with Gasteiger partial charge in [-0.25, -0.2) is 0 Å². The van der Waals surface area contributed by atoms with Crippen LogP contribution in [0.3, 0.4) is 0 Å². The van der Waals surface area contributed by atoms with Crippen LogP contribution in [0.4, 0.5) is 0 Å². The first-order chi connectivity index (χ1) is 35.5. The molecule has 0 heterocycles. The molecule has 0 aromatic heterocycles. The van der Waals surface area contributed by atoms with Crippen molar-refractivity contribution in [1.82, 2.24) is 5.32 Å². The molecule has 72 heavy (non-hydrogen) atoms. The van der Waals surface area contributed by atoms with Gasteiger partial charge < -0.3 is 20.3 Å². The van der Waals surface area contributed by atoms with Crippen LogP contribution in [0, 0.1) is 0 Å². The van der Waals surface area contributed by atoms with Crippen LogP contribution in [0.25, 0.3) is 0 Å². The van der Waals surface area contributed by atoms with Gasteiger partial charge in [-0.3, -0.25) is 9.59 Å². The number of amides is 1. The molecule has 6 heteroatoms. The Hall–Kier alpha value is -1.92. The normalized spacial score (nSPS) is 12.8. The van der Waals surface area contributed by atoms with E-state index < -0.39 is 12.1 Å². The average Bonchev–Trinajstić information content (AvgIpc) is 3.38. The maximum absolute atomic E-state index is 12.4. The minimum absolute atomic E-state index is 0.0136. The predicted molar refractivity (Wildman–Crippen MR) is 315 cm³/mol. The Morgan fingerprint density at radius 1 is 0.389 bits per heavy atom. The van der Waals surface area contributed by atoms with Crippen molar-refractivity contribution in [1.29, 1.82) is 0 Å². The van der Waals surface area contributed by atoms with Gasteiger partial charge in [0.1, 0.15) is 0 Å². The van der Waals surface area contributed by atoms with Gasteiger partial charge in [0.05, 0.1) is 25.4 Å². The van der Waals surface area contributed by atoms with Crippen molar-refractivity contribution in [2.24, 2.45) is 0 Å². The van der Waals surface area contributed by atoms with Gasteiger partial charge in [0.15, 0.2) is 0 Å². The van der Waals surface area contributed by atoms with Crippen LogP contribution in [-0.2, 0) is 14.3 Å². The lowest BCUT2D eigenvalue weighted by Gasteiger charge is -2.20. The van der Waals surface area contributed by atoms with Crippen LogP contribution in [0.2, 0.25) is 0 Å². The van der Waals surface area contributed by atoms with Crippen molar-refractivity contribution >= 4 is 11.9 Å². The fraction of sp³-hybridized carbons (Fsp3) is 0.879. The highest BCUT2D eigenvalue weighted by Crippen LogP contribution is 2.17. The van der Waals surface area contributed by atoms with Crippen molar-refractivity contribution in [3.63, 3.8) is 0 Å². The zero-order chi connectivity index (χ0) is 52.2. The molecule has 0 aliphatic rings. The lowest BCUT2D eigenvalue weighted by molar-refractivity contribution is -0.143. The summed E-state index contributed by atoms with van der Waals surface area (Å²) in [7, 11) is 0. The van der Waals surface area contributed by atoms with Crippen LogP contribution in [0.1, 0.15) is 348 Å². The summed E-state index contributed by atoms with van der Waals surface area (Å²) in [5.74, 6) is -0.0529. The third kappa shape index (κ3) is 57.4. The van der Waals surface area contributed by atoms with Gasteiger partial charge in [-0.1, -0.05) is 307 Å². The van der Waals surface area contributed by atoms with Crippen molar-refractivity contribution in [3.8, 4) is 0 Å². The Bertz CT molecular complexity index is 1170. The van der Waals surface area contributed by atoms with E-state index in [4.69, 9.17) is 4.74 Å². The summed E-state index contributed by atoms with van der Waals surface area (Å²) >= 11 is 0. The summed E-state index contributed by atoms with van der Waals surface area (Å²) < 4.78 is 5.47. The van der Waals surface area contributed by atoms with Crippen LogP contribution < -0.4 is 5.32 Å². The van der Waals surface area contributed by atoms with Crippen LogP contribution in [0.5, 0.6) is 0 Å². The Morgan fingerprint density at radius 2 is 0.694 bits per heavy atom. The number of ether oxygens (including phenoxy) is 1. The second kappa shape index (κ2) is 61.6. The Labute approximate surface area is 449 Å². The first kappa shape index (κ1) is 70.1. The Kier molecular flexibility index (Phi) is 60.0. The number of hydrogen-bond acceptors (Lipinski definition) is 5. The molecular weight excluding hydrogens is 887 g/mol. The van der Waals surface area contributed by atoms with E-state index in [2.05, 4.69) is 43.5 Å². The second-order valence-corrected chi connectivity index (χ2v) is 22.1. The lowest BCUT2D eigenvalue weighted by Crippen LogP contribution is -2.45. The molecule has 0 rings (SSSR count). The standard InChI is InChI=1S/C66H125NO5/c1-3-5-7-9-11-13-38-42-46-50-54-58-64(69)63(62-68)67-65(70)59-55-51-47-43-40-36-34-32-30-28-26-24-22-20-18-16-15-17-19-21-23-25-27-29-31-33-35-37-41-45-49-53-57-61-72-66(71)60-56-52-48-44-39-14-12-10-8-6-4-2/h19,21,25,27,54,58,63-64,68-69H,3-18,20,22-24,26,28-53,55-57,59-62H2,1-2H3,(H,67,70)/b21-19-,27-25-,58-54+. The van der Waals surface area contributed by atoms with Crippen LogP contribution in [-0.4, -0.2) is 47.4 Å². The van der Waals surface area contributed by atoms with E-state index in [9.17, 15) is 19.8 Å². The molecule has 424 valence electrons. The maximum atomic E-state index is 12.4. The summed E-state index contributed by atoms with van der Waals surface area (Å²) in [6.45, 7) is 4.90. The number of unbranched alkanes of at least 4 members (excludes halogenated alkanes) is 45. The molecule has 0 fully saturated rings. The van der Waals surface area contributed by atoms with E-state index in [1.54, 1.807) is 6.08 Å². The molecule has 0 aliphatic carbocycles. The van der Waals surface area contributed by atoms with Gasteiger partial charge in [-0.05, 0) is 64.2 Å². The molecule has 2 unspecified atom stereocenters. The summed E-state index contributed by atoms with van der Waals surface area (Å²) in [5, 5.41) is 23.0. The van der Waals surface area contributed by atoms with Crippen molar-refractivity contribution in [3.05, 3.63) is 36.5 Å². The molecule has 0 aromatic rings. The van der Waals surface area contributed by atoms with Crippen molar-refractivity contribution in [2.75, 3.05) is 13.2 Å². The fourth-order valence-electron chi connectivity index (χ4n) is 9.96. The largest absolute Gasteiger partial charge is 0.466 e. The molecule has 6 nitrogen and oxygen atoms in total. The number of carbonyl (C=O) groups excluding carboxylic acids is 2. The van der Waals surface area contributed by atoms with Gasteiger partial charge in [0.2, 0.25) is 5.91 Å². The molecule has 3 N–H and O–H groups in total. The molecule has 0 spiro atoms. The van der Waals surface area contributed by atoms with Gasteiger partial charge in [-0.15, -0.1) is 0 Å². The zero-order valence-corrected chi connectivity index (χ0v) is 48.4. The average molecular weight is 1010 g/mol. The fourth-order valence-corrected chi connectivity index (χ4v) is 9.96. The highest BCUT2D eigenvalue weighted by Gasteiger charge is 2.18. The number of nitrogens with one attached hydrogen (secondary N) is 1. The Morgan fingerprint density at radius 3 is 1.06 bits per heavy atom. The third-order valence-corrected chi connectivity index (χ3v) is 14.9. The van der Waals surface area contributed by atoms with Crippen LogP contribution in [0.15, 0.2) is 36.5 Å². The number of rotatable bonds is 60. The van der Waals surface area contributed by atoms with E-state index in [1.165, 1.54) is 276 Å². The summed E-state index contributed by atoms with van der Waals surface area (Å²) in [6.07, 6.45) is 77.9. The van der Waals surface area contributed by atoms with E-state index in [0.717, 1.165) is 44.9 Å². The summed E-state index contributed by atoms with van der Waals surface area (Å²) in [6, 6.07) is -0.625. The van der Waals surface area contributed by atoms with E-state index >= 15 is 0 Å². The van der Waals surface area contributed by atoms with E-state index in [-0.39, 0.29) is 18.5 Å². The smallest absolute Gasteiger partial charge is 0.305 e. The number of carbonyl (C=O) groups is 2. The highest BCUT2D eigenvalue weighted by atomic mass is 16.5. The monoisotopic (exact) mass is 1010 g/mol. The highest BCUT2D eigenvalue weighted by molar-refractivity contribution is 5.76. The molecule has 0 bridgehead atoms. The first-order valence-electron chi connectivity index (χ1n) is 32.3. The number of allylic oxidation sites excluding steroid dienone is 5. The predicted octanol–water partition coefficient (Wildman–Crippen LogP) is 20.4. The molecule has 2 atom stereocenters. The molecule has 0 aromatic carbocycles. The van der Waals surface area contributed by atoms with Gasteiger partial charge in [0.25, 0.3) is 0 Å². The summed E-state index contributed by atoms with van der Waals surface area (Å²) in [4.78, 5) is 24.4. The van der Waals surface area contributed by atoms with Gasteiger partial charge >= 0.3 is 5.97 Å². The van der Waals surface area contributed by atoms with Gasteiger partial charge in [-0.2, -0.15) is 0 Å². The minimum Gasteiger partial charge on any atom is -0.466 e. The third-order valence-electron chi connectivity index (χ3n) is 14.9. The number of aliphatic hydroxyl groups is 2. The molecular formula is C66H125NO5. The topological polar surface area (TPSA) is 95.9 Å². The van der Waals surface area contributed by atoms with Crippen LogP contribution >= 0.6 is 0 Å². The molecule has 0 saturated carbocycles. The quantitative estimate of drug-likeness (QED) is 0.0320. The van der Waals surface area contributed by atoms with Crippen molar-refractivity contribution in [2.45, 2.75) is 360 Å². The number of aliphatic hydroxyl groups excluding tert-OH is 2. The van der Waals surface area contributed by atoms with Gasteiger partial charge in [0, 0.05) is 12.8 Å². The summed E-state index contributed by atoms with van der Waals surface area (Å²) in [5.41, 5.74) is 0. The number of esters is 1. The van der Waals surface area contributed by atoms with Crippen molar-refractivity contribution < 1.29 is 24.5 Å². The molecule has 0 aliphatic heterocycles. The SMILES string of the molecule is CCCCCCCCCCC/C=C/C(O)C(CO)NC(=O)CCCCCCCCCCCCCCCCCCC/C=C\C/C=C\CCCCCCCCCCCOC(=O)CCCCCCCCCCCCC. The second-order valence-electron chi connectivity index (χ2n) is 22.1. The maximum Gasteiger partial charge on any atom is 0.305 e. The molecule has 0 saturated heterocycles. The zero-order valence-electron chi connectivity index (χ0n) is 48.4. The Balaban J connectivity index is 3.38. The molecule has 0 radical (unpaired) electrons. The van der Waals surface area contributed by atoms with E-state index in [1.807, 2.05) is 6.08 Å². The lowest BCUT2D eigenvalue weighted by atomic mass is 10.0. The first-order valence-corrected chi connectivity index (χ1v) is 32.3. The molecule has 1 amide bonds. The van der Waals surface area contributed by atoms with E-state index in [0.29, 0.717) is 19.4 Å². The number of hydrogen-bond donors (Lipinski definition) is 3.